The third-order valence-electron chi connectivity index (χ3n) is 3.77. The number of benzene rings is 1. The van der Waals surface area contributed by atoms with Crippen molar-refractivity contribution in [3.8, 4) is 5.75 Å². The fourth-order valence-electron chi connectivity index (χ4n) is 2.37. The first-order valence-electron chi connectivity index (χ1n) is 7.82. The van der Waals surface area contributed by atoms with Crippen molar-refractivity contribution in [3.63, 3.8) is 0 Å². The van der Waals surface area contributed by atoms with Crippen molar-refractivity contribution in [2.45, 2.75) is 38.0 Å². The highest BCUT2D eigenvalue weighted by molar-refractivity contribution is 5.27. The Kier molecular flexibility index (Phi) is 6.10. The lowest BCUT2D eigenvalue weighted by molar-refractivity contribution is -0.275. The van der Waals surface area contributed by atoms with Crippen LogP contribution in [-0.2, 0) is 12.1 Å². The van der Waals surface area contributed by atoms with Crippen molar-refractivity contribution in [1.82, 2.24) is 5.32 Å². The second-order valence-electron chi connectivity index (χ2n) is 5.89. The molecule has 0 aliphatic rings. The molecule has 0 bridgehead atoms. The Morgan fingerprint density at radius 1 is 1.00 bits per heavy atom. The van der Waals surface area contributed by atoms with Gasteiger partial charge < -0.3 is 19.6 Å². The zero-order valence-corrected chi connectivity index (χ0v) is 14.1. The van der Waals surface area contributed by atoms with E-state index in [0.717, 1.165) is 18.2 Å². The highest BCUT2D eigenvalue weighted by Gasteiger charge is 2.56. The second-order valence-corrected chi connectivity index (χ2v) is 5.89. The van der Waals surface area contributed by atoms with Gasteiger partial charge in [-0.3, -0.25) is 0 Å². The Morgan fingerprint density at radius 2 is 1.63 bits per heavy atom. The lowest BCUT2D eigenvalue weighted by atomic mass is 9.95. The number of hydrogen-bond donors (Lipinski definition) is 2. The molecule has 0 fully saturated rings. The van der Waals surface area contributed by atoms with Crippen LogP contribution in [0.2, 0.25) is 0 Å². The molecule has 1 heterocycles. The summed E-state index contributed by atoms with van der Waals surface area (Å²) in [5.41, 5.74) is -2.60. The Morgan fingerprint density at radius 3 is 2.11 bits per heavy atom. The van der Waals surface area contributed by atoms with E-state index in [1.807, 2.05) is 0 Å². The second kappa shape index (κ2) is 7.81. The molecule has 1 aromatic heterocycles. The lowest BCUT2D eigenvalue weighted by Gasteiger charge is -2.28. The van der Waals surface area contributed by atoms with E-state index in [0.29, 0.717) is 5.56 Å². The molecule has 1 atom stereocenters. The number of furan rings is 1. The standard InChI is InChI=1S/C17H17F6NO3/c1-11-2-7-14(26-11)15(25,16(18,19)20)8-9-24-10-12-3-5-13(6-4-12)27-17(21,22)23/h2-7,24-25H,8-10H2,1H3/t15-/m1/s1. The number of nitrogens with one attached hydrogen (secondary N) is 1. The molecule has 2 N–H and O–H groups in total. The minimum Gasteiger partial charge on any atom is -0.463 e. The minimum atomic E-state index is -4.93. The number of ether oxygens (including phenoxy) is 1. The van der Waals surface area contributed by atoms with E-state index in [1.165, 1.54) is 25.1 Å². The van der Waals surface area contributed by atoms with E-state index in [2.05, 4.69) is 10.1 Å². The van der Waals surface area contributed by atoms with Crippen molar-refractivity contribution >= 4 is 0 Å². The van der Waals surface area contributed by atoms with Crippen LogP contribution in [-0.4, -0.2) is 24.2 Å². The van der Waals surface area contributed by atoms with Crippen LogP contribution >= 0.6 is 0 Å². The predicted molar refractivity (Wildman–Crippen MR) is 82.8 cm³/mol. The number of alkyl halides is 6. The first-order chi connectivity index (χ1) is 12.4. The van der Waals surface area contributed by atoms with Gasteiger partial charge in [-0.25, -0.2) is 0 Å². The molecule has 2 rings (SSSR count). The summed E-state index contributed by atoms with van der Waals surface area (Å²) in [5.74, 6) is -0.754. The summed E-state index contributed by atoms with van der Waals surface area (Å²) in [4.78, 5) is 0. The van der Waals surface area contributed by atoms with Crippen LogP contribution in [0.5, 0.6) is 5.75 Å². The first-order valence-corrected chi connectivity index (χ1v) is 7.82. The van der Waals surface area contributed by atoms with Crippen molar-refractivity contribution in [2.24, 2.45) is 0 Å². The average Bonchev–Trinajstić information content (AvgIpc) is 2.97. The van der Waals surface area contributed by atoms with Gasteiger partial charge in [-0.1, -0.05) is 12.1 Å². The molecule has 27 heavy (non-hydrogen) atoms. The molecule has 0 saturated carbocycles. The number of rotatable bonds is 7. The van der Waals surface area contributed by atoms with Gasteiger partial charge in [0.25, 0.3) is 0 Å². The molecule has 0 saturated heterocycles. The summed E-state index contributed by atoms with van der Waals surface area (Å²) >= 11 is 0. The predicted octanol–water partition coefficient (Wildman–Crippen LogP) is 4.42. The topological polar surface area (TPSA) is 54.6 Å². The van der Waals surface area contributed by atoms with E-state index >= 15 is 0 Å². The zero-order chi connectivity index (χ0) is 20.3. The maximum absolute atomic E-state index is 13.3. The van der Waals surface area contributed by atoms with Gasteiger partial charge in [0.2, 0.25) is 5.60 Å². The molecule has 0 radical (unpaired) electrons. The third-order valence-corrected chi connectivity index (χ3v) is 3.77. The highest BCUT2D eigenvalue weighted by atomic mass is 19.4. The van der Waals surface area contributed by atoms with Gasteiger partial charge in [0.05, 0.1) is 0 Å². The molecular weight excluding hydrogens is 380 g/mol. The van der Waals surface area contributed by atoms with Gasteiger partial charge in [-0.15, -0.1) is 13.2 Å². The van der Waals surface area contributed by atoms with E-state index in [1.54, 1.807) is 0 Å². The van der Waals surface area contributed by atoms with Crippen molar-refractivity contribution in [3.05, 3.63) is 53.5 Å². The fraction of sp³-hybridized carbons (Fsp3) is 0.412. The van der Waals surface area contributed by atoms with E-state index in [9.17, 15) is 31.4 Å². The van der Waals surface area contributed by atoms with Crippen LogP contribution in [0.15, 0.2) is 40.8 Å². The van der Waals surface area contributed by atoms with E-state index in [-0.39, 0.29) is 18.8 Å². The van der Waals surface area contributed by atoms with E-state index < -0.39 is 36.1 Å². The normalized spacial score (nSPS) is 14.8. The molecule has 1 aromatic carbocycles. The van der Waals surface area contributed by atoms with Crippen molar-refractivity contribution in [1.29, 1.82) is 0 Å². The van der Waals surface area contributed by atoms with Crippen LogP contribution in [0.25, 0.3) is 0 Å². The minimum absolute atomic E-state index is 0.0947. The van der Waals surface area contributed by atoms with E-state index in [4.69, 9.17) is 4.42 Å². The first kappa shape index (κ1) is 21.1. The van der Waals surface area contributed by atoms with Crippen LogP contribution in [0, 0.1) is 6.92 Å². The average molecular weight is 397 g/mol. The SMILES string of the molecule is Cc1ccc([C@](O)(CCNCc2ccc(OC(F)(F)F)cc2)C(F)(F)F)o1. The Labute approximate surface area is 150 Å². The van der Waals surface area contributed by atoms with Crippen LogP contribution in [0.3, 0.4) is 0 Å². The maximum Gasteiger partial charge on any atom is 0.573 e. The molecule has 0 aliphatic heterocycles. The maximum atomic E-state index is 13.3. The molecule has 10 heteroatoms. The quantitative estimate of drug-likeness (QED) is 0.537. The van der Waals surface area contributed by atoms with Gasteiger partial charge >= 0.3 is 12.5 Å². The molecule has 150 valence electrons. The fourth-order valence-corrected chi connectivity index (χ4v) is 2.37. The molecule has 2 aromatic rings. The van der Waals surface area contributed by atoms with Gasteiger partial charge in [0.15, 0.2) is 0 Å². The van der Waals surface area contributed by atoms with Crippen molar-refractivity contribution in [2.75, 3.05) is 6.54 Å². The number of aliphatic hydroxyl groups is 1. The molecule has 0 amide bonds. The highest BCUT2D eigenvalue weighted by Crippen LogP contribution is 2.42. The summed E-state index contributed by atoms with van der Waals surface area (Å²) < 4.78 is 84.8. The smallest absolute Gasteiger partial charge is 0.463 e. The van der Waals surface area contributed by atoms with Gasteiger partial charge in [-0.05, 0) is 43.3 Å². The molecule has 0 unspecified atom stereocenters. The summed E-state index contributed by atoms with van der Waals surface area (Å²) in [6.07, 6.45) is -10.4. The van der Waals surface area contributed by atoms with Crippen LogP contribution in [0.4, 0.5) is 26.3 Å². The molecule has 0 spiro atoms. The number of halogens is 6. The Balaban J connectivity index is 1.92. The zero-order valence-electron chi connectivity index (χ0n) is 14.1. The summed E-state index contributed by atoms with van der Waals surface area (Å²) in [5, 5.41) is 12.8. The summed E-state index contributed by atoms with van der Waals surface area (Å²) in [6.45, 7) is 1.35. The van der Waals surface area contributed by atoms with Crippen LogP contribution in [0.1, 0.15) is 23.5 Å². The third kappa shape index (κ3) is 5.64. The Hall–Kier alpha value is -2.20. The van der Waals surface area contributed by atoms with Gasteiger partial charge in [0, 0.05) is 13.0 Å². The molecule has 4 nitrogen and oxygen atoms in total. The lowest BCUT2D eigenvalue weighted by Crippen LogP contribution is -2.44. The molecular formula is C17H17F6NO3. The van der Waals surface area contributed by atoms with Gasteiger partial charge in [-0.2, -0.15) is 13.2 Å². The van der Waals surface area contributed by atoms with Crippen LogP contribution < -0.4 is 10.1 Å². The summed E-state index contributed by atoms with van der Waals surface area (Å²) in [7, 11) is 0. The van der Waals surface area contributed by atoms with Crippen molar-refractivity contribution < 1.29 is 40.6 Å². The monoisotopic (exact) mass is 397 g/mol. The Bertz CT molecular complexity index is 738. The number of hydrogen-bond acceptors (Lipinski definition) is 4. The van der Waals surface area contributed by atoms with Gasteiger partial charge in [0.1, 0.15) is 17.3 Å². The largest absolute Gasteiger partial charge is 0.573 e. The summed E-state index contributed by atoms with van der Waals surface area (Å²) in [6, 6.07) is 7.29. The molecule has 0 aliphatic carbocycles. The number of aryl methyl sites for hydroxylation is 1.